The minimum absolute atomic E-state index is 0.0635. The Morgan fingerprint density at radius 2 is 1.39 bits per heavy atom. The maximum Gasteiger partial charge on any atom is 0.277 e. The lowest BCUT2D eigenvalue weighted by atomic mass is 9.93. The maximum atomic E-state index is 14.4. The minimum Gasteiger partial charge on any atom is -0.507 e. The van der Waals surface area contributed by atoms with E-state index in [1.54, 1.807) is 40.4 Å². The summed E-state index contributed by atoms with van der Waals surface area (Å²) in [5.41, 5.74) is 5.28. The van der Waals surface area contributed by atoms with Crippen molar-refractivity contribution >= 4 is 17.7 Å². The summed E-state index contributed by atoms with van der Waals surface area (Å²) in [6, 6.07) is 22.7. The lowest BCUT2D eigenvalue weighted by Gasteiger charge is -2.55. The van der Waals surface area contributed by atoms with Crippen molar-refractivity contribution in [2.45, 2.75) is 44.9 Å². The number of aliphatic hydroxyl groups is 1. The summed E-state index contributed by atoms with van der Waals surface area (Å²) in [4.78, 5) is 44.7. The molecule has 0 aromatic heterocycles. The Bertz CT molecular complexity index is 1650. The predicted octanol–water partition coefficient (Wildman–Crippen LogP) is 4.58. The van der Waals surface area contributed by atoms with Crippen LogP contribution in [-0.2, 0) is 22.4 Å². The standard InChI is InChI=1S/C35H34N4O5/c1-22(2)38-30(20-36-33(41)27-14-7-8-15-28(27)34(36)42)39(37-18-9-19-44-21-29(40)32(37)35(38)43)31-25-12-5-3-10-23(25)16-17-24-11-4-6-13-26(24)31/h3-15,18,22,30-31,40H,16-17,19-21H2,1-2H3/b18-9-,32-29+. The summed E-state index contributed by atoms with van der Waals surface area (Å²) in [6.07, 6.45) is 4.48. The number of rotatable bonds is 4. The molecule has 3 aromatic rings. The van der Waals surface area contributed by atoms with Gasteiger partial charge < -0.3 is 14.7 Å². The van der Waals surface area contributed by atoms with E-state index in [-0.39, 0.29) is 49.1 Å². The highest BCUT2D eigenvalue weighted by Gasteiger charge is 2.51. The normalized spacial score (nSPS) is 23.1. The average Bonchev–Trinajstić information content (AvgIpc) is 3.15. The van der Waals surface area contributed by atoms with Gasteiger partial charge in [0.15, 0.2) is 5.70 Å². The highest BCUT2D eigenvalue weighted by molar-refractivity contribution is 6.21. The first kappa shape index (κ1) is 28.1. The summed E-state index contributed by atoms with van der Waals surface area (Å²) in [5.74, 6) is -1.35. The summed E-state index contributed by atoms with van der Waals surface area (Å²) >= 11 is 0. The summed E-state index contributed by atoms with van der Waals surface area (Å²) in [5, 5.41) is 15.1. The van der Waals surface area contributed by atoms with Crippen molar-refractivity contribution in [3.05, 3.63) is 130 Å². The monoisotopic (exact) mass is 590 g/mol. The lowest BCUT2D eigenvalue weighted by molar-refractivity contribution is -0.172. The maximum absolute atomic E-state index is 14.4. The summed E-state index contributed by atoms with van der Waals surface area (Å²) in [6.45, 7) is 3.87. The molecule has 9 nitrogen and oxygen atoms in total. The Balaban J connectivity index is 1.47. The van der Waals surface area contributed by atoms with Crippen LogP contribution in [0.4, 0.5) is 0 Å². The highest BCUT2D eigenvalue weighted by Crippen LogP contribution is 2.43. The zero-order valence-electron chi connectivity index (χ0n) is 24.7. The Labute approximate surface area is 256 Å². The third kappa shape index (κ3) is 4.42. The number of amides is 3. The number of carbonyl (C=O) groups excluding carboxylic acids is 3. The minimum atomic E-state index is -0.768. The van der Waals surface area contributed by atoms with Gasteiger partial charge in [0.2, 0.25) is 0 Å². The fourth-order valence-corrected chi connectivity index (χ4v) is 6.98. The number of imide groups is 1. The van der Waals surface area contributed by atoms with E-state index in [1.165, 1.54) is 16.0 Å². The molecule has 7 rings (SSSR count). The molecule has 4 aliphatic rings. The largest absolute Gasteiger partial charge is 0.507 e. The average molecular weight is 591 g/mol. The van der Waals surface area contributed by atoms with Crippen molar-refractivity contribution in [1.29, 1.82) is 0 Å². The fraction of sp³-hybridized carbons (Fsp3) is 0.286. The van der Waals surface area contributed by atoms with Gasteiger partial charge in [0, 0.05) is 12.2 Å². The molecule has 0 saturated carbocycles. The summed E-state index contributed by atoms with van der Waals surface area (Å²) in [7, 11) is 0. The molecule has 3 aromatic carbocycles. The van der Waals surface area contributed by atoms with Gasteiger partial charge >= 0.3 is 0 Å². The van der Waals surface area contributed by atoms with Crippen LogP contribution in [0.2, 0.25) is 0 Å². The van der Waals surface area contributed by atoms with Crippen molar-refractivity contribution in [3.8, 4) is 0 Å². The van der Waals surface area contributed by atoms with Gasteiger partial charge in [-0.2, -0.15) is 5.01 Å². The van der Waals surface area contributed by atoms with E-state index >= 15 is 0 Å². The van der Waals surface area contributed by atoms with Gasteiger partial charge in [-0.1, -0.05) is 60.7 Å². The Hall–Kier alpha value is -4.73. The second-order valence-corrected chi connectivity index (χ2v) is 11.8. The molecule has 0 bridgehead atoms. The second kappa shape index (κ2) is 11.1. The Morgan fingerprint density at radius 3 is 1.98 bits per heavy atom. The van der Waals surface area contributed by atoms with Gasteiger partial charge in [0.25, 0.3) is 17.7 Å². The first-order chi connectivity index (χ1) is 21.4. The number of hydrogen-bond acceptors (Lipinski definition) is 7. The number of nitrogens with zero attached hydrogens (tertiary/aromatic N) is 4. The zero-order valence-corrected chi connectivity index (χ0v) is 24.7. The van der Waals surface area contributed by atoms with Gasteiger partial charge in [0.1, 0.15) is 18.5 Å². The molecule has 1 aliphatic carbocycles. The van der Waals surface area contributed by atoms with Crippen molar-refractivity contribution in [3.63, 3.8) is 0 Å². The fourth-order valence-electron chi connectivity index (χ4n) is 6.98. The number of fused-ring (bicyclic) bond motifs is 4. The lowest BCUT2D eigenvalue weighted by Crippen LogP contribution is -2.68. The van der Waals surface area contributed by atoms with Crippen molar-refractivity contribution in [1.82, 2.24) is 19.8 Å². The van der Waals surface area contributed by atoms with Crippen LogP contribution in [0.25, 0.3) is 0 Å². The van der Waals surface area contributed by atoms with Crippen molar-refractivity contribution in [2.75, 3.05) is 19.8 Å². The number of benzene rings is 3. The zero-order chi connectivity index (χ0) is 30.5. The molecule has 1 fully saturated rings. The third-order valence-corrected chi connectivity index (χ3v) is 8.92. The quantitative estimate of drug-likeness (QED) is 0.445. The first-order valence-corrected chi connectivity index (χ1v) is 15.0. The van der Waals surface area contributed by atoms with Gasteiger partial charge in [-0.15, -0.1) is 0 Å². The van der Waals surface area contributed by atoms with Crippen LogP contribution in [0.1, 0.15) is 62.9 Å². The van der Waals surface area contributed by atoms with Crippen LogP contribution in [0.5, 0.6) is 0 Å². The molecule has 1 saturated heterocycles. The van der Waals surface area contributed by atoms with E-state index in [0.717, 1.165) is 24.0 Å². The SMILES string of the molecule is CC(C)N1C(=O)/C2=C(\O)COC/C=C\N2N(C2c3ccccc3CCc3ccccc32)C1CN1C(=O)c2ccccc2C1=O. The summed E-state index contributed by atoms with van der Waals surface area (Å²) < 4.78 is 5.58. The smallest absolute Gasteiger partial charge is 0.277 e. The number of carbonyl (C=O) groups is 3. The third-order valence-electron chi connectivity index (χ3n) is 8.92. The van der Waals surface area contributed by atoms with Crippen LogP contribution in [-0.4, -0.2) is 74.6 Å². The van der Waals surface area contributed by atoms with E-state index in [0.29, 0.717) is 11.1 Å². The van der Waals surface area contributed by atoms with Crippen molar-refractivity contribution < 1.29 is 24.2 Å². The van der Waals surface area contributed by atoms with Gasteiger partial charge in [-0.3, -0.25) is 24.3 Å². The number of hydrogen-bond donors (Lipinski definition) is 1. The molecular formula is C35H34N4O5. The van der Waals surface area contributed by atoms with Crippen LogP contribution in [0.15, 0.2) is 96.5 Å². The molecular weight excluding hydrogens is 556 g/mol. The van der Waals surface area contributed by atoms with Crippen LogP contribution in [0.3, 0.4) is 0 Å². The highest BCUT2D eigenvalue weighted by atomic mass is 16.5. The first-order valence-electron chi connectivity index (χ1n) is 15.0. The molecule has 1 unspecified atom stereocenters. The number of hydrazine groups is 1. The van der Waals surface area contributed by atoms with E-state index in [4.69, 9.17) is 4.74 Å². The molecule has 3 amide bonds. The van der Waals surface area contributed by atoms with E-state index in [1.807, 2.05) is 44.2 Å². The molecule has 9 heteroatoms. The predicted molar refractivity (Wildman–Crippen MR) is 163 cm³/mol. The molecule has 3 heterocycles. The van der Waals surface area contributed by atoms with Crippen molar-refractivity contribution in [2.24, 2.45) is 0 Å². The molecule has 44 heavy (non-hydrogen) atoms. The number of aryl methyl sites for hydroxylation is 2. The number of ether oxygens (including phenoxy) is 1. The molecule has 1 N–H and O–H groups in total. The molecule has 3 aliphatic heterocycles. The van der Waals surface area contributed by atoms with E-state index in [2.05, 4.69) is 29.3 Å². The number of aliphatic hydroxyl groups excluding tert-OH is 1. The van der Waals surface area contributed by atoms with Crippen LogP contribution < -0.4 is 0 Å². The molecule has 0 spiro atoms. The van der Waals surface area contributed by atoms with E-state index < -0.39 is 18.1 Å². The van der Waals surface area contributed by atoms with E-state index in [9.17, 15) is 19.5 Å². The second-order valence-electron chi connectivity index (χ2n) is 11.8. The molecule has 1 atom stereocenters. The molecule has 224 valence electrons. The van der Waals surface area contributed by atoms with Gasteiger partial charge in [-0.25, -0.2) is 0 Å². The van der Waals surface area contributed by atoms with Crippen LogP contribution >= 0.6 is 0 Å². The molecule has 0 radical (unpaired) electrons. The Kier molecular flexibility index (Phi) is 7.07. The van der Waals surface area contributed by atoms with Gasteiger partial charge in [0.05, 0.1) is 30.3 Å². The van der Waals surface area contributed by atoms with Crippen LogP contribution in [0, 0.1) is 0 Å². The topological polar surface area (TPSA) is 93.6 Å². The van der Waals surface area contributed by atoms with Gasteiger partial charge in [-0.05, 0) is 67.2 Å². The Morgan fingerprint density at radius 1 is 0.818 bits per heavy atom.